The Labute approximate surface area is 220 Å². The maximum absolute atomic E-state index is 14.5. The fourth-order valence-electron chi connectivity index (χ4n) is 4.58. The van der Waals surface area contributed by atoms with Gasteiger partial charge in [0.25, 0.3) is 0 Å². The Bertz CT molecular complexity index is 869. The Morgan fingerprint density at radius 2 is 1.23 bits per heavy atom. The molecular formula is C26H42O7Sn2. The number of rotatable bonds is 13. The van der Waals surface area contributed by atoms with Crippen LogP contribution in [0.1, 0.15) is 105 Å². The first-order valence-electron chi connectivity index (χ1n) is 13.4. The van der Waals surface area contributed by atoms with Gasteiger partial charge in [0.15, 0.2) is 0 Å². The summed E-state index contributed by atoms with van der Waals surface area (Å²) < 4.78 is 18.9. The van der Waals surface area contributed by atoms with Gasteiger partial charge < -0.3 is 0 Å². The summed E-state index contributed by atoms with van der Waals surface area (Å²) in [6.07, 6.45) is 9.85. The first-order valence-corrected chi connectivity index (χ1v) is 24.9. The first kappa shape index (κ1) is 30.5. The van der Waals surface area contributed by atoms with E-state index in [0.29, 0.717) is 32.9 Å². The predicted octanol–water partition coefficient (Wildman–Crippen LogP) is 5.83. The van der Waals surface area contributed by atoms with E-state index in [1.54, 1.807) is 0 Å². The molecule has 7 nitrogen and oxygen atoms in total. The average molecular weight is 704 g/mol. The molecule has 35 heavy (non-hydrogen) atoms. The van der Waals surface area contributed by atoms with Crippen molar-refractivity contribution in [2.45, 2.75) is 114 Å². The third kappa shape index (κ3) is 7.43. The Morgan fingerprint density at radius 1 is 0.686 bits per heavy atom. The van der Waals surface area contributed by atoms with Crippen LogP contribution in [0.25, 0.3) is 0 Å². The molecule has 1 atom stereocenters. The fourth-order valence-corrected chi connectivity index (χ4v) is 40.1. The zero-order chi connectivity index (χ0) is 26.1. The normalized spacial score (nSPS) is 24.7. The van der Waals surface area contributed by atoms with Crippen molar-refractivity contribution in [1.29, 1.82) is 0 Å². The Hall–Kier alpha value is -0.683. The molecular weight excluding hydrogens is 662 g/mol. The van der Waals surface area contributed by atoms with E-state index in [1.165, 1.54) is 13.0 Å². The zero-order valence-electron chi connectivity index (χ0n) is 22.1. The molecule has 0 saturated carbocycles. The average Bonchev–Trinajstić information content (AvgIpc) is 2.82. The minimum absolute atomic E-state index is 0.0102. The quantitative estimate of drug-likeness (QED) is 0.176. The van der Waals surface area contributed by atoms with Crippen molar-refractivity contribution < 1.29 is 26.7 Å². The first-order chi connectivity index (χ1) is 16.7. The molecule has 0 aliphatic carbocycles. The zero-order valence-corrected chi connectivity index (χ0v) is 27.8. The molecule has 0 fully saturated rings. The van der Waals surface area contributed by atoms with E-state index in [1.807, 2.05) is 0 Å². The molecule has 0 aromatic rings. The summed E-state index contributed by atoms with van der Waals surface area (Å²) in [6.45, 7) is 9.77. The number of unbranched alkanes of at least 4 members (excludes halogenated alkanes) is 5. The summed E-state index contributed by atoms with van der Waals surface area (Å²) in [7, 11) is 0. The molecule has 0 aromatic heterocycles. The van der Waals surface area contributed by atoms with Gasteiger partial charge in [-0.2, -0.15) is 0 Å². The minimum atomic E-state index is -5.42. The standard InChI is InChI=1S/C13H21O3.C5H5O3.2C4H9.O.2Sn/c1-3-5-7-9-12(13(15)16)11(10-14)8-6-4-2;1-4(2-3-6)5(7)8;2*1-3-4-2;;;/h3-9H2,1-2H3,(H,15,16);2H,1H3,(H,7,8);2*1,3-4H2,2H3;;;/q;;;;;;+2/p-2/b12-11-;;;;;;. The SMILES string of the molecule is CCCCC/C1=C(\CCCC)[C](=O)[Sn]([CH2]CCC)([CH2]CCC)[O][Sn]2([O]C(=O)C(C)=C[C]2=O)[O]C1=O. The summed E-state index contributed by atoms with van der Waals surface area (Å²) in [4.78, 5) is 53.9. The van der Waals surface area contributed by atoms with E-state index in [-0.39, 0.29) is 9.37 Å². The fraction of sp³-hybridized carbons (Fsp3) is 0.692. The van der Waals surface area contributed by atoms with Gasteiger partial charge in [-0.05, 0) is 0 Å². The van der Waals surface area contributed by atoms with Crippen molar-refractivity contribution in [2.24, 2.45) is 0 Å². The van der Waals surface area contributed by atoms with Gasteiger partial charge in [-0.1, -0.05) is 0 Å². The van der Waals surface area contributed by atoms with E-state index in [0.717, 1.165) is 57.8 Å². The van der Waals surface area contributed by atoms with Crippen molar-refractivity contribution >= 4 is 57.9 Å². The van der Waals surface area contributed by atoms with Gasteiger partial charge in [0.2, 0.25) is 0 Å². The van der Waals surface area contributed by atoms with E-state index >= 15 is 0 Å². The summed E-state index contributed by atoms with van der Waals surface area (Å²) in [5, 5.41) is 0. The molecule has 0 N–H and O–H groups in total. The Morgan fingerprint density at radius 3 is 1.80 bits per heavy atom. The molecule has 2 aliphatic heterocycles. The number of carbonyl (C=O) groups is 4. The molecule has 2 rings (SSSR count). The van der Waals surface area contributed by atoms with E-state index in [4.69, 9.17) is 7.56 Å². The molecule has 196 valence electrons. The van der Waals surface area contributed by atoms with E-state index in [2.05, 4.69) is 27.7 Å². The van der Waals surface area contributed by atoms with Crippen LogP contribution in [0, 0.1) is 0 Å². The van der Waals surface area contributed by atoms with Crippen LogP contribution in [-0.2, 0) is 26.7 Å². The summed E-state index contributed by atoms with van der Waals surface area (Å²) in [6, 6.07) is 0. The molecule has 0 amide bonds. The van der Waals surface area contributed by atoms with E-state index < -0.39 is 54.1 Å². The second-order valence-electron chi connectivity index (χ2n) is 9.68. The van der Waals surface area contributed by atoms with Crippen LogP contribution in [0.2, 0.25) is 8.87 Å². The van der Waals surface area contributed by atoms with Gasteiger partial charge in [0, 0.05) is 0 Å². The van der Waals surface area contributed by atoms with Gasteiger partial charge in [0.1, 0.15) is 0 Å². The number of hydrogen-bond acceptors (Lipinski definition) is 7. The van der Waals surface area contributed by atoms with Gasteiger partial charge >= 0.3 is 222 Å². The van der Waals surface area contributed by atoms with Crippen LogP contribution in [-0.4, -0.2) is 57.9 Å². The third-order valence-electron chi connectivity index (χ3n) is 6.73. The maximum atomic E-state index is 14.5. The van der Waals surface area contributed by atoms with Gasteiger partial charge in [-0.3, -0.25) is 0 Å². The predicted molar refractivity (Wildman–Crippen MR) is 139 cm³/mol. The molecule has 0 aromatic carbocycles. The molecule has 2 aliphatic rings. The molecule has 9 heteroatoms. The number of hydrogen-bond donors (Lipinski definition) is 0. The molecule has 0 radical (unpaired) electrons. The van der Waals surface area contributed by atoms with Crippen LogP contribution in [0.15, 0.2) is 22.8 Å². The molecule has 1 spiro atoms. The summed E-state index contributed by atoms with van der Waals surface area (Å²) >= 11 is -9.73. The molecule has 2 heterocycles. The second-order valence-corrected chi connectivity index (χ2v) is 29.7. The van der Waals surface area contributed by atoms with Gasteiger partial charge in [0.05, 0.1) is 0 Å². The summed E-state index contributed by atoms with van der Waals surface area (Å²) in [5.41, 5.74) is 1.12. The topological polar surface area (TPSA) is 96.0 Å². The Kier molecular flexibility index (Phi) is 12.5. The summed E-state index contributed by atoms with van der Waals surface area (Å²) in [5.74, 6) is -1.38. The van der Waals surface area contributed by atoms with Gasteiger partial charge in [-0.25, -0.2) is 0 Å². The van der Waals surface area contributed by atoms with Crippen molar-refractivity contribution in [1.82, 2.24) is 0 Å². The monoisotopic (exact) mass is 706 g/mol. The molecule has 0 saturated heterocycles. The van der Waals surface area contributed by atoms with Crippen LogP contribution in [0.5, 0.6) is 0 Å². The van der Waals surface area contributed by atoms with Crippen molar-refractivity contribution in [2.75, 3.05) is 0 Å². The van der Waals surface area contributed by atoms with Crippen molar-refractivity contribution in [3.8, 4) is 0 Å². The number of allylic oxidation sites excluding steroid dienone is 2. The van der Waals surface area contributed by atoms with E-state index in [9.17, 15) is 19.2 Å². The molecule has 0 bridgehead atoms. The van der Waals surface area contributed by atoms with Crippen LogP contribution >= 0.6 is 0 Å². The van der Waals surface area contributed by atoms with Crippen LogP contribution in [0.3, 0.4) is 0 Å². The van der Waals surface area contributed by atoms with Crippen LogP contribution < -0.4 is 0 Å². The second kappa shape index (κ2) is 14.3. The third-order valence-corrected chi connectivity index (χ3v) is 35.8. The van der Waals surface area contributed by atoms with Crippen molar-refractivity contribution in [3.05, 3.63) is 22.8 Å². The number of carbonyl (C=O) groups excluding carboxylic acids is 4. The van der Waals surface area contributed by atoms with Crippen LogP contribution in [0.4, 0.5) is 0 Å². The Balaban J connectivity index is 2.76. The van der Waals surface area contributed by atoms with Crippen molar-refractivity contribution in [3.63, 3.8) is 0 Å². The van der Waals surface area contributed by atoms with Gasteiger partial charge in [-0.15, -0.1) is 0 Å². The molecule has 1 unspecified atom stereocenters.